The van der Waals surface area contributed by atoms with Gasteiger partial charge in [0.1, 0.15) is 6.10 Å². The van der Waals surface area contributed by atoms with Crippen LogP contribution in [0.25, 0.3) is 11.1 Å². The van der Waals surface area contributed by atoms with Crippen molar-refractivity contribution < 1.29 is 14.2 Å². The largest absolute Gasteiger partial charge is 0.370 e. The molecule has 0 spiro atoms. The molecular formula is C28H30Cl2O3. The third-order valence-corrected chi connectivity index (χ3v) is 6.39. The predicted molar refractivity (Wildman–Crippen MR) is 135 cm³/mol. The van der Waals surface area contributed by atoms with Crippen molar-refractivity contribution in [3.63, 3.8) is 0 Å². The van der Waals surface area contributed by atoms with Gasteiger partial charge in [0, 0.05) is 10.0 Å². The highest BCUT2D eigenvalue weighted by Gasteiger charge is 2.40. The molecule has 0 N–H and O–H groups in total. The third-order valence-electron chi connectivity index (χ3n) is 5.95. The van der Waals surface area contributed by atoms with Gasteiger partial charge in [-0.25, -0.2) is 0 Å². The predicted octanol–water partition coefficient (Wildman–Crippen LogP) is 7.58. The van der Waals surface area contributed by atoms with Crippen molar-refractivity contribution in [2.45, 2.75) is 51.8 Å². The number of ether oxygens (including phenoxy) is 3. The van der Waals surface area contributed by atoms with Gasteiger partial charge in [0.15, 0.2) is 5.79 Å². The summed E-state index contributed by atoms with van der Waals surface area (Å²) in [4.78, 5) is 0. The molecule has 0 amide bonds. The molecule has 3 nitrogen and oxygen atoms in total. The molecule has 33 heavy (non-hydrogen) atoms. The summed E-state index contributed by atoms with van der Waals surface area (Å²) in [6, 6.07) is 24.4. The minimum Gasteiger partial charge on any atom is -0.370 e. The van der Waals surface area contributed by atoms with Crippen LogP contribution in [0.3, 0.4) is 0 Å². The van der Waals surface area contributed by atoms with Crippen LogP contribution in [-0.2, 0) is 27.2 Å². The normalized spacial score (nSPS) is 19.4. The monoisotopic (exact) mass is 484 g/mol. The van der Waals surface area contributed by atoms with Crippen LogP contribution in [0.1, 0.15) is 31.9 Å². The van der Waals surface area contributed by atoms with Crippen LogP contribution in [0.5, 0.6) is 0 Å². The van der Waals surface area contributed by atoms with Gasteiger partial charge in [0.2, 0.25) is 0 Å². The lowest BCUT2D eigenvalue weighted by Gasteiger charge is -2.29. The summed E-state index contributed by atoms with van der Waals surface area (Å²) in [7, 11) is 0. The van der Waals surface area contributed by atoms with Crippen molar-refractivity contribution in [3.8, 4) is 11.1 Å². The average molecular weight is 485 g/mol. The van der Waals surface area contributed by atoms with E-state index in [4.69, 9.17) is 37.4 Å². The molecule has 1 fully saturated rings. The fraction of sp³-hybridized carbons (Fsp3) is 0.357. The Hall–Kier alpha value is -1.88. The van der Waals surface area contributed by atoms with E-state index >= 15 is 0 Å². The summed E-state index contributed by atoms with van der Waals surface area (Å²) in [5.74, 6) is -0.346. The third kappa shape index (κ3) is 6.59. The second-order valence-electron chi connectivity index (χ2n) is 9.16. The summed E-state index contributed by atoms with van der Waals surface area (Å²) in [5.41, 5.74) is 4.49. The molecule has 3 aromatic rings. The van der Waals surface area contributed by atoms with Gasteiger partial charge >= 0.3 is 0 Å². The first-order chi connectivity index (χ1) is 15.8. The molecule has 1 aliphatic heterocycles. The van der Waals surface area contributed by atoms with Gasteiger partial charge in [-0.3, -0.25) is 0 Å². The molecule has 0 unspecified atom stereocenters. The Balaban J connectivity index is 1.46. The van der Waals surface area contributed by atoms with Crippen LogP contribution in [0.4, 0.5) is 0 Å². The van der Waals surface area contributed by atoms with E-state index in [0.29, 0.717) is 23.3 Å². The molecule has 0 bridgehead atoms. The van der Waals surface area contributed by atoms with E-state index in [-0.39, 0.29) is 18.1 Å². The molecular weight excluding hydrogens is 455 g/mol. The van der Waals surface area contributed by atoms with Crippen molar-refractivity contribution in [2.75, 3.05) is 6.61 Å². The van der Waals surface area contributed by atoms with E-state index in [1.165, 1.54) is 5.56 Å². The van der Waals surface area contributed by atoms with E-state index in [2.05, 4.69) is 43.3 Å². The topological polar surface area (TPSA) is 27.7 Å². The van der Waals surface area contributed by atoms with E-state index in [0.717, 1.165) is 23.1 Å². The molecule has 4 rings (SSSR count). The number of hydrogen-bond acceptors (Lipinski definition) is 3. The number of hydrogen-bond donors (Lipinski definition) is 0. The van der Waals surface area contributed by atoms with Crippen molar-refractivity contribution in [2.24, 2.45) is 5.92 Å². The zero-order chi connectivity index (χ0) is 23.4. The summed E-state index contributed by atoms with van der Waals surface area (Å²) in [5, 5.41) is 1.27. The highest BCUT2D eigenvalue weighted by Crippen LogP contribution is 2.31. The first kappa shape index (κ1) is 24.3. The Kier molecular flexibility index (Phi) is 7.78. The molecule has 174 valence electrons. The quantitative estimate of drug-likeness (QED) is 0.329. The Bertz CT molecular complexity index is 1030. The molecule has 5 heteroatoms. The van der Waals surface area contributed by atoms with E-state index < -0.39 is 5.79 Å². The standard InChI is InChI=1S/C28H30Cl2O3/c1-19(13-20-9-11-22(12-10-20)23-14-24(29)16-25(30)15-23)27(26-18-32-28(2,3)33-26)31-17-21-7-5-4-6-8-21/h4-12,14-16,19,26-27H,13,17-18H2,1-3H3/t19-,26-,27+/m0/s1. The molecule has 1 saturated heterocycles. The van der Waals surface area contributed by atoms with Crippen LogP contribution in [0, 0.1) is 5.92 Å². The highest BCUT2D eigenvalue weighted by molar-refractivity contribution is 6.35. The second kappa shape index (κ2) is 10.6. The second-order valence-corrected chi connectivity index (χ2v) is 10.0. The zero-order valence-corrected chi connectivity index (χ0v) is 20.8. The van der Waals surface area contributed by atoms with E-state index in [1.54, 1.807) is 6.07 Å². The van der Waals surface area contributed by atoms with Crippen molar-refractivity contribution >= 4 is 23.2 Å². The number of rotatable bonds is 8. The van der Waals surface area contributed by atoms with Crippen LogP contribution >= 0.6 is 23.2 Å². The SMILES string of the molecule is C[C@@H](Cc1ccc(-c2cc(Cl)cc(Cl)c2)cc1)[C@@H](OCc1ccccc1)[C@@H]1COC(C)(C)O1. The summed E-state index contributed by atoms with van der Waals surface area (Å²) in [6.07, 6.45) is 0.682. The lowest BCUT2D eigenvalue weighted by atomic mass is 9.91. The minimum atomic E-state index is -0.585. The van der Waals surface area contributed by atoms with E-state index in [9.17, 15) is 0 Å². The van der Waals surface area contributed by atoms with Gasteiger partial charge in [0.25, 0.3) is 0 Å². The van der Waals surface area contributed by atoms with Gasteiger partial charge < -0.3 is 14.2 Å². The summed E-state index contributed by atoms with van der Waals surface area (Å²) < 4.78 is 18.5. The van der Waals surface area contributed by atoms with Crippen molar-refractivity contribution in [3.05, 3.63) is 94.0 Å². The summed E-state index contributed by atoms with van der Waals surface area (Å²) >= 11 is 12.3. The molecule has 0 aromatic heterocycles. The zero-order valence-electron chi connectivity index (χ0n) is 19.3. The van der Waals surface area contributed by atoms with Crippen LogP contribution in [0.15, 0.2) is 72.8 Å². The van der Waals surface area contributed by atoms with Gasteiger partial charge in [-0.15, -0.1) is 0 Å². The number of halogens is 2. The van der Waals surface area contributed by atoms with Gasteiger partial charge in [-0.05, 0) is 66.6 Å². The highest BCUT2D eigenvalue weighted by atomic mass is 35.5. The fourth-order valence-corrected chi connectivity index (χ4v) is 4.85. The molecule has 0 radical (unpaired) electrons. The fourth-order valence-electron chi connectivity index (χ4n) is 4.32. The van der Waals surface area contributed by atoms with Crippen LogP contribution in [-0.4, -0.2) is 24.6 Å². The van der Waals surface area contributed by atoms with Crippen molar-refractivity contribution in [1.29, 1.82) is 0 Å². The van der Waals surface area contributed by atoms with E-state index in [1.807, 2.05) is 44.2 Å². The smallest absolute Gasteiger partial charge is 0.163 e. The average Bonchev–Trinajstić information content (AvgIpc) is 3.14. The van der Waals surface area contributed by atoms with Crippen molar-refractivity contribution in [1.82, 2.24) is 0 Å². The Labute approximate surface area is 206 Å². The molecule has 3 aromatic carbocycles. The lowest BCUT2D eigenvalue weighted by Crippen LogP contribution is -2.38. The first-order valence-corrected chi connectivity index (χ1v) is 12.1. The number of benzene rings is 3. The van der Waals surface area contributed by atoms with Crippen LogP contribution in [0.2, 0.25) is 10.0 Å². The molecule has 3 atom stereocenters. The molecule has 1 heterocycles. The Morgan fingerprint density at radius 3 is 2.18 bits per heavy atom. The maximum absolute atomic E-state index is 6.42. The maximum atomic E-state index is 6.42. The first-order valence-electron chi connectivity index (χ1n) is 11.3. The van der Waals surface area contributed by atoms with Gasteiger partial charge in [-0.2, -0.15) is 0 Å². The maximum Gasteiger partial charge on any atom is 0.163 e. The lowest BCUT2D eigenvalue weighted by molar-refractivity contribution is -0.163. The van der Waals surface area contributed by atoms with Gasteiger partial charge in [-0.1, -0.05) is 84.7 Å². The molecule has 0 aliphatic carbocycles. The Morgan fingerprint density at radius 2 is 1.58 bits per heavy atom. The summed E-state index contributed by atoms with van der Waals surface area (Å²) in [6.45, 7) is 7.20. The molecule has 1 aliphatic rings. The Morgan fingerprint density at radius 1 is 0.909 bits per heavy atom. The minimum absolute atomic E-state index is 0.0848. The molecule has 0 saturated carbocycles. The van der Waals surface area contributed by atoms with Gasteiger partial charge in [0.05, 0.1) is 19.3 Å². The van der Waals surface area contributed by atoms with Crippen LogP contribution < -0.4 is 0 Å².